The number of carbonyl (C=O) groups is 1. The number of aromatic nitrogens is 4. The molecule has 7 nitrogen and oxygen atoms in total. The molecule has 0 spiro atoms. The van der Waals surface area contributed by atoms with E-state index < -0.39 is 0 Å². The summed E-state index contributed by atoms with van der Waals surface area (Å²) >= 11 is 1.27. The molecule has 0 fully saturated rings. The molecule has 30 heavy (non-hydrogen) atoms. The number of benzene rings is 1. The summed E-state index contributed by atoms with van der Waals surface area (Å²) in [7, 11) is 1.57. The summed E-state index contributed by atoms with van der Waals surface area (Å²) in [5.74, 6) is -0.515. The first kappa shape index (κ1) is 20.1. The lowest BCUT2D eigenvalue weighted by molar-refractivity contribution is -0.115. The van der Waals surface area contributed by atoms with E-state index in [9.17, 15) is 9.18 Å². The van der Waals surface area contributed by atoms with Gasteiger partial charge in [-0.05, 0) is 49.2 Å². The Kier molecular flexibility index (Phi) is 5.56. The highest BCUT2D eigenvalue weighted by Crippen LogP contribution is 2.27. The van der Waals surface area contributed by atoms with Gasteiger partial charge in [0.2, 0.25) is 11.0 Å². The quantitative estimate of drug-likeness (QED) is 0.506. The van der Waals surface area contributed by atoms with Crippen LogP contribution >= 0.6 is 11.3 Å². The summed E-state index contributed by atoms with van der Waals surface area (Å²) < 4.78 is 20.7. The SMILES string of the molecule is COCc1nnc(NC(=O)Cc2c(-c3ccc(F)c(C)c3)nc3ccc(C)cn23)s1. The van der Waals surface area contributed by atoms with Crippen molar-refractivity contribution in [1.82, 2.24) is 19.6 Å². The van der Waals surface area contributed by atoms with Crippen LogP contribution in [-0.2, 0) is 22.6 Å². The van der Waals surface area contributed by atoms with E-state index in [-0.39, 0.29) is 18.1 Å². The highest BCUT2D eigenvalue weighted by Gasteiger charge is 2.19. The van der Waals surface area contributed by atoms with E-state index in [4.69, 9.17) is 9.72 Å². The van der Waals surface area contributed by atoms with Crippen LogP contribution in [0, 0.1) is 19.7 Å². The Bertz CT molecular complexity index is 1230. The molecule has 0 radical (unpaired) electrons. The molecule has 1 amide bonds. The van der Waals surface area contributed by atoms with Crippen molar-refractivity contribution in [2.24, 2.45) is 0 Å². The molecule has 4 rings (SSSR count). The molecule has 0 unspecified atom stereocenters. The number of rotatable bonds is 6. The fourth-order valence-electron chi connectivity index (χ4n) is 3.19. The predicted octanol–water partition coefficient (Wildman–Crippen LogP) is 3.94. The number of amides is 1. The van der Waals surface area contributed by atoms with Crippen LogP contribution in [-0.4, -0.2) is 32.6 Å². The Morgan fingerprint density at radius 3 is 2.83 bits per heavy atom. The third-order valence-corrected chi connectivity index (χ3v) is 5.42. The van der Waals surface area contributed by atoms with Crippen molar-refractivity contribution >= 4 is 28.0 Å². The number of nitrogens with one attached hydrogen (secondary N) is 1. The highest BCUT2D eigenvalue weighted by molar-refractivity contribution is 7.15. The number of nitrogens with zero attached hydrogens (tertiary/aromatic N) is 4. The fourth-order valence-corrected chi connectivity index (χ4v) is 3.92. The van der Waals surface area contributed by atoms with Crippen molar-refractivity contribution in [2.45, 2.75) is 26.9 Å². The van der Waals surface area contributed by atoms with E-state index in [1.54, 1.807) is 26.2 Å². The molecule has 0 atom stereocenters. The monoisotopic (exact) mass is 425 g/mol. The number of anilines is 1. The maximum atomic E-state index is 13.8. The fraction of sp³-hybridized carbons (Fsp3) is 0.238. The average molecular weight is 425 g/mol. The van der Waals surface area contributed by atoms with Gasteiger partial charge in [-0.3, -0.25) is 4.79 Å². The number of hydrogen-bond donors (Lipinski definition) is 1. The minimum Gasteiger partial charge on any atom is -0.377 e. The van der Waals surface area contributed by atoms with Gasteiger partial charge in [0.1, 0.15) is 23.1 Å². The van der Waals surface area contributed by atoms with E-state index in [1.807, 2.05) is 29.7 Å². The summed E-state index contributed by atoms with van der Waals surface area (Å²) in [6, 6.07) is 8.71. The van der Waals surface area contributed by atoms with Crippen LogP contribution in [0.5, 0.6) is 0 Å². The number of pyridine rings is 1. The lowest BCUT2D eigenvalue weighted by atomic mass is 10.1. The zero-order valence-electron chi connectivity index (χ0n) is 16.8. The number of ether oxygens (including phenoxy) is 1. The van der Waals surface area contributed by atoms with Crippen molar-refractivity contribution < 1.29 is 13.9 Å². The van der Waals surface area contributed by atoms with E-state index in [2.05, 4.69) is 15.5 Å². The van der Waals surface area contributed by atoms with Crippen LogP contribution < -0.4 is 5.32 Å². The molecule has 4 aromatic rings. The Balaban J connectivity index is 1.69. The molecule has 1 N–H and O–H groups in total. The third kappa shape index (κ3) is 4.07. The molecule has 9 heteroatoms. The van der Waals surface area contributed by atoms with Gasteiger partial charge in [-0.1, -0.05) is 17.4 Å². The summed E-state index contributed by atoms with van der Waals surface area (Å²) in [4.78, 5) is 17.5. The van der Waals surface area contributed by atoms with E-state index in [1.165, 1.54) is 17.4 Å². The van der Waals surface area contributed by atoms with Gasteiger partial charge in [0.15, 0.2) is 0 Å². The Morgan fingerprint density at radius 2 is 2.07 bits per heavy atom. The molecular weight excluding hydrogens is 405 g/mol. The third-order valence-electron chi connectivity index (χ3n) is 4.61. The predicted molar refractivity (Wildman–Crippen MR) is 113 cm³/mol. The standard InChI is InChI=1S/C21H20FN5O2S/c1-12-4-7-17-23-20(14-5-6-15(22)13(2)8-14)16(27(17)10-12)9-18(28)24-21-26-25-19(30-21)11-29-3/h4-8,10H,9,11H2,1-3H3,(H,24,26,28). The van der Waals surface area contributed by atoms with Crippen LogP contribution in [0.4, 0.5) is 9.52 Å². The maximum Gasteiger partial charge on any atom is 0.232 e. The van der Waals surface area contributed by atoms with Gasteiger partial charge in [0.25, 0.3) is 0 Å². The first-order valence-electron chi connectivity index (χ1n) is 9.30. The van der Waals surface area contributed by atoms with E-state index in [0.29, 0.717) is 28.0 Å². The van der Waals surface area contributed by atoms with Crippen LogP contribution in [0.25, 0.3) is 16.9 Å². The molecule has 0 aliphatic heterocycles. The first-order chi connectivity index (χ1) is 14.4. The Morgan fingerprint density at radius 1 is 1.23 bits per heavy atom. The number of methoxy groups -OCH3 is 1. The summed E-state index contributed by atoms with van der Waals surface area (Å²) in [6.45, 7) is 4.02. The van der Waals surface area contributed by atoms with Crippen LogP contribution in [0.2, 0.25) is 0 Å². The summed E-state index contributed by atoms with van der Waals surface area (Å²) in [6.07, 6.45) is 2.02. The van der Waals surface area contributed by atoms with Crippen LogP contribution in [0.15, 0.2) is 36.5 Å². The van der Waals surface area contributed by atoms with E-state index >= 15 is 0 Å². The van der Waals surface area contributed by atoms with Crippen molar-refractivity contribution in [3.63, 3.8) is 0 Å². The zero-order chi connectivity index (χ0) is 21.3. The lowest BCUT2D eigenvalue weighted by Crippen LogP contribution is -2.16. The molecule has 0 saturated carbocycles. The van der Waals surface area contributed by atoms with Crippen molar-refractivity contribution in [3.8, 4) is 11.3 Å². The minimum atomic E-state index is -0.277. The van der Waals surface area contributed by atoms with Gasteiger partial charge in [-0.15, -0.1) is 10.2 Å². The second-order valence-corrected chi connectivity index (χ2v) is 8.03. The molecule has 3 aromatic heterocycles. The second kappa shape index (κ2) is 8.29. The van der Waals surface area contributed by atoms with Gasteiger partial charge >= 0.3 is 0 Å². The molecule has 3 heterocycles. The van der Waals surface area contributed by atoms with Gasteiger partial charge in [0, 0.05) is 18.9 Å². The van der Waals surface area contributed by atoms with Crippen molar-refractivity contribution in [1.29, 1.82) is 0 Å². The number of hydrogen-bond acceptors (Lipinski definition) is 6. The number of carbonyl (C=O) groups excluding carboxylic acids is 1. The second-order valence-electron chi connectivity index (χ2n) is 6.96. The largest absolute Gasteiger partial charge is 0.377 e. The molecule has 154 valence electrons. The Hall–Kier alpha value is -3.17. The first-order valence-corrected chi connectivity index (χ1v) is 10.1. The number of fused-ring (bicyclic) bond motifs is 1. The van der Waals surface area contributed by atoms with Gasteiger partial charge < -0.3 is 14.5 Å². The molecule has 1 aromatic carbocycles. The van der Waals surface area contributed by atoms with Crippen molar-refractivity contribution in [3.05, 3.63) is 64.2 Å². The normalized spacial score (nSPS) is 11.2. The zero-order valence-corrected chi connectivity index (χ0v) is 17.6. The van der Waals surface area contributed by atoms with Gasteiger partial charge in [-0.25, -0.2) is 9.37 Å². The summed E-state index contributed by atoms with van der Waals surface area (Å²) in [5, 5.41) is 11.8. The van der Waals surface area contributed by atoms with E-state index in [0.717, 1.165) is 22.5 Å². The van der Waals surface area contributed by atoms with Crippen molar-refractivity contribution in [2.75, 3.05) is 12.4 Å². The molecule has 0 aliphatic carbocycles. The van der Waals surface area contributed by atoms with Gasteiger partial charge in [-0.2, -0.15) is 0 Å². The highest BCUT2D eigenvalue weighted by atomic mass is 32.1. The van der Waals surface area contributed by atoms with Crippen LogP contribution in [0.1, 0.15) is 21.8 Å². The smallest absolute Gasteiger partial charge is 0.232 e. The molecule has 0 saturated heterocycles. The topological polar surface area (TPSA) is 81.4 Å². The number of aryl methyl sites for hydroxylation is 2. The number of halogens is 1. The van der Waals surface area contributed by atoms with Crippen LogP contribution in [0.3, 0.4) is 0 Å². The van der Waals surface area contributed by atoms with Gasteiger partial charge in [0.05, 0.1) is 17.8 Å². The maximum absolute atomic E-state index is 13.8. The Labute approximate surface area is 176 Å². The lowest BCUT2D eigenvalue weighted by Gasteiger charge is -2.07. The summed E-state index contributed by atoms with van der Waals surface area (Å²) in [5.41, 5.74) is 4.41. The minimum absolute atomic E-state index is 0.0789. The molecule has 0 bridgehead atoms. The number of imidazole rings is 1. The average Bonchev–Trinajstić information content (AvgIpc) is 3.29. The molecule has 0 aliphatic rings. The molecular formula is C21H20FN5O2S.